The third-order valence-corrected chi connectivity index (χ3v) is 1.87. The number of hydrogen-bond acceptors (Lipinski definition) is 2. The van der Waals surface area contributed by atoms with Crippen molar-refractivity contribution in [1.82, 2.24) is 10.2 Å². The molecule has 0 unspecified atom stereocenters. The molecule has 7 heteroatoms. The van der Waals surface area contributed by atoms with Crippen molar-refractivity contribution in [1.29, 1.82) is 0 Å². The van der Waals surface area contributed by atoms with Crippen LogP contribution >= 0.6 is 0 Å². The highest BCUT2D eigenvalue weighted by Gasteiger charge is 2.31. The van der Waals surface area contributed by atoms with E-state index in [0.29, 0.717) is 11.3 Å². The van der Waals surface area contributed by atoms with Crippen molar-refractivity contribution in [3.63, 3.8) is 0 Å². The van der Waals surface area contributed by atoms with Crippen molar-refractivity contribution < 1.29 is 18.0 Å². The number of rotatable bonds is 2. The molecule has 1 heterocycles. The molecule has 0 saturated carbocycles. The van der Waals surface area contributed by atoms with Crippen LogP contribution in [-0.4, -0.2) is 22.3 Å². The summed E-state index contributed by atoms with van der Waals surface area (Å²) in [5.74, 6) is -0.973. The lowest BCUT2D eigenvalue weighted by Gasteiger charge is -2.06. The number of anilines is 1. The number of aromatic nitrogens is 2. The molecule has 0 atom stereocenters. The van der Waals surface area contributed by atoms with E-state index >= 15 is 0 Å². The zero-order chi connectivity index (χ0) is 11.6. The Bertz CT molecular complexity index is 370. The quantitative estimate of drug-likeness (QED) is 0.801. The van der Waals surface area contributed by atoms with Crippen LogP contribution in [0.2, 0.25) is 0 Å². The first-order chi connectivity index (χ1) is 6.79. The van der Waals surface area contributed by atoms with Crippen LogP contribution in [0, 0.1) is 13.8 Å². The lowest BCUT2D eigenvalue weighted by atomic mass is 10.3. The number of halogens is 3. The van der Waals surface area contributed by atoms with Gasteiger partial charge in [0.15, 0.2) is 5.82 Å². The molecule has 4 nitrogen and oxygen atoms in total. The number of H-pyrrole nitrogens is 1. The van der Waals surface area contributed by atoms with Gasteiger partial charge < -0.3 is 5.32 Å². The Kier molecular flexibility index (Phi) is 3.01. The molecule has 1 rings (SSSR count). The summed E-state index contributed by atoms with van der Waals surface area (Å²) in [5.41, 5.74) is 1.34. The van der Waals surface area contributed by atoms with Crippen molar-refractivity contribution in [2.45, 2.75) is 26.4 Å². The SMILES string of the molecule is Cc1[nH]nc(NC(=O)CC(F)(F)F)c1C. The van der Waals surface area contributed by atoms with E-state index in [1.165, 1.54) is 0 Å². The third kappa shape index (κ3) is 3.26. The van der Waals surface area contributed by atoms with Gasteiger partial charge in [-0.2, -0.15) is 18.3 Å². The van der Waals surface area contributed by atoms with Crippen LogP contribution in [0.3, 0.4) is 0 Å². The van der Waals surface area contributed by atoms with Crippen molar-refractivity contribution in [3.8, 4) is 0 Å². The van der Waals surface area contributed by atoms with E-state index in [4.69, 9.17) is 0 Å². The first-order valence-corrected chi connectivity index (χ1v) is 4.18. The fraction of sp³-hybridized carbons (Fsp3) is 0.500. The van der Waals surface area contributed by atoms with Gasteiger partial charge in [-0.3, -0.25) is 9.89 Å². The normalized spacial score (nSPS) is 11.5. The topological polar surface area (TPSA) is 57.8 Å². The molecular weight excluding hydrogens is 211 g/mol. The molecule has 0 aliphatic heterocycles. The van der Waals surface area contributed by atoms with E-state index in [2.05, 4.69) is 15.5 Å². The fourth-order valence-corrected chi connectivity index (χ4v) is 0.965. The van der Waals surface area contributed by atoms with E-state index < -0.39 is 18.5 Å². The molecule has 0 saturated heterocycles. The average Bonchev–Trinajstić information content (AvgIpc) is 2.32. The lowest BCUT2D eigenvalue weighted by Crippen LogP contribution is -2.21. The van der Waals surface area contributed by atoms with Gasteiger partial charge in [-0.25, -0.2) is 0 Å². The Morgan fingerprint density at radius 3 is 2.47 bits per heavy atom. The van der Waals surface area contributed by atoms with E-state index in [1.807, 2.05) is 0 Å². The van der Waals surface area contributed by atoms with Crippen LogP contribution in [0.4, 0.5) is 19.0 Å². The zero-order valence-electron chi connectivity index (χ0n) is 8.20. The number of amides is 1. The minimum atomic E-state index is -4.50. The number of hydrogen-bond donors (Lipinski definition) is 2. The van der Waals surface area contributed by atoms with Crippen LogP contribution < -0.4 is 5.32 Å². The maximum Gasteiger partial charge on any atom is 0.397 e. The standard InChI is InChI=1S/C8H10F3N3O/c1-4-5(2)13-14-7(4)12-6(15)3-8(9,10)11/h3H2,1-2H3,(H2,12,13,14,15). The minimum Gasteiger partial charge on any atom is -0.309 e. The second kappa shape index (κ2) is 3.92. The summed E-state index contributed by atoms with van der Waals surface area (Å²) in [5, 5.41) is 8.31. The summed E-state index contributed by atoms with van der Waals surface area (Å²) >= 11 is 0. The molecule has 0 fully saturated rings. The van der Waals surface area contributed by atoms with Crippen molar-refractivity contribution in [3.05, 3.63) is 11.3 Å². The van der Waals surface area contributed by atoms with Gasteiger partial charge in [0.2, 0.25) is 5.91 Å². The number of nitrogens with one attached hydrogen (secondary N) is 2. The summed E-state index contributed by atoms with van der Waals surface area (Å²) in [6.45, 7) is 3.36. The molecule has 2 N–H and O–H groups in total. The molecule has 1 aromatic rings. The molecule has 0 aliphatic rings. The Hall–Kier alpha value is -1.53. The molecule has 0 radical (unpaired) electrons. The summed E-state index contributed by atoms with van der Waals surface area (Å²) in [6.07, 6.45) is -6.00. The Morgan fingerprint density at radius 1 is 1.47 bits per heavy atom. The maximum absolute atomic E-state index is 11.8. The number of alkyl halides is 3. The number of carbonyl (C=O) groups excluding carboxylic acids is 1. The minimum absolute atomic E-state index is 0.141. The summed E-state index contributed by atoms with van der Waals surface area (Å²) in [6, 6.07) is 0. The molecular formula is C8H10F3N3O. The zero-order valence-corrected chi connectivity index (χ0v) is 8.20. The summed E-state index contributed by atoms with van der Waals surface area (Å²) in [4.78, 5) is 10.9. The van der Waals surface area contributed by atoms with Gasteiger partial charge >= 0.3 is 6.18 Å². The van der Waals surface area contributed by atoms with E-state index in [-0.39, 0.29) is 5.82 Å². The van der Waals surface area contributed by atoms with Gasteiger partial charge in [0.05, 0.1) is 0 Å². The van der Waals surface area contributed by atoms with Gasteiger partial charge in [-0.1, -0.05) is 0 Å². The van der Waals surface area contributed by atoms with Crippen molar-refractivity contribution >= 4 is 11.7 Å². The van der Waals surface area contributed by atoms with Crippen LogP contribution in [0.15, 0.2) is 0 Å². The smallest absolute Gasteiger partial charge is 0.309 e. The molecule has 0 aromatic carbocycles. The molecule has 1 aromatic heterocycles. The highest BCUT2D eigenvalue weighted by atomic mass is 19.4. The van der Waals surface area contributed by atoms with E-state index in [9.17, 15) is 18.0 Å². The third-order valence-electron chi connectivity index (χ3n) is 1.87. The van der Waals surface area contributed by atoms with Crippen molar-refractivity contribution in [2.75, 3.05) is 5.32 Å². The molecule has 0 aliphatic carbocycles. The Morgan fingerprint density at radius 2 is 2.07 bits per heavy atom. The van der Waals surface area contributed by atoms with Gasteiger partial charge in [0.25, 0.3) is 0 Å². The average molecular weight is 221 g/mol. The fourth-order valence-electron chi connectivity index (χ4n) is 0.965. The largest absolute Gasteiger partial charge is 0.397 e. The number of carbonyl (C=O) groups is 1. The van der Waals surface area contributed by atoms with Crippen LogP contribution in [-0.2, 0) is 4.79 Å². The molecule has 84 valence electrons. The van der Waals surface area contributed by atoms with Crippen LogP contribution in [0.25, 0.3) is 0 Å². The summed E-state index contributed by atoms with van der Waals surface area (Å²) in [7, 11) is 0. The molecule has 15 heavy (non-hydrogen) atoms. The Labute approximate surface area is 83.9 Å². The highest BCUT2D eigenvalue weighted by molar-refractivity contribution is 5.90. The van der Waals surface area contributed by atoms with Crippen LogP contribution in [0.5, 0.6) is 0 Å². The molecule has 1 amide bonds. The van der Waals surface area contributed by atoms with Gasteiger partial charge in [-0.15, -0.1) is 0 Å². The highest BCUT2D eigenvalue weighted by Crippen LogP contribution is 2.21. The number of nitrogens with zero attached hydrogens (tertiary/aromatic N) is 1. The second-order valence-electron chi connectivity index (χ2n) is 3.16. The monoisotopic (exact) mass is 221 g/mol. The predicted octanol–water partition coefficient (Wildman–Crippen LogP) is 1.92. The first kappa shape index (κ1) is 11.5. The Balaban J connectivity index is 2.63. The maximum atomic E-state index is 11.8. The second-order valence-corrected chi connectivity index (χ2v) is 3.16. The first-order valence-electron chi connectivity index (χ1n) is 4.18. The van der Waals surface area contributed by atoms with Gasteiger partial charge in [0.1, 0.15) is 6.42 Å². The van der Waals surface area contributed by atoms with E-state index in [1.54, 1.807) is 13.8 Å². The lowest BCUT2D eigenvalue weighted by molar-refractivity contribution is -0.150. The van der Waals surface area contributed by atoms with Gasteiger partial charge in [0, 0.05) is 11.3 Å². The number of aromatic amines is 1. The number of aryl methyl sites for hydroxylation is 1. The summed E-state index contributed by atoms with van der Waals surface area (Å²) < 4.78 is 35.5. The van der Waals surface area contributed by atoms with Crippen molar-refractivity contribution in [2.24, 2.45) is 0 Å². The molecule has 0 spiro atoms. The predicted molar refractivity (Wildman–Crippen MR) is 47.4 cm³/mol. The van der Waals surface area contributed by atoms with E-state index in [0.717, 1.165) is 0 Å². The van der Waals surface area contributed by atoms with Gasteiger partial charge in [-0.05, 0) is 13.8 Å². The molecule has 0 bridgehead atoms. The van der Waals surface area contributed by atoms with Crippen LogP contribution in [0.1, 0.15) is 17.7 Å².